The summed E-state index contributed by atoms with van der Waals surface area (Å²) < 4.78 is 6.57. The van der Waals surface area contributed by atoms with Crippen LogP contribution in [0.3, 0.4) is 0 Å². The van der Waals surface area contributed by atoms with E-state index in [2.05, 4.69) is 97.1 Å². The SMILES string of the molecule is c1ccc(-c2nc(-c3ccccc3)nc(-c3ccc(-c4cc5c(oc6cccc(-c7ccccc7)c65)c5ccccc45)cc3)n2)cc1. The molecule has 9 rings (SSSR count). The second-order valence-corrected chi connectivity index (χ2v) is 11.6. The topological polar surface area (TPSA) is 51.8 Å². The summed E-state index contributed by atoms with van der Waals surface area (Å²) in [5.41, 5.74) is 9.21. The van der Waals surface area contributed by atoms with Gasteiger partial charge in [-0.3, -0.25) is 0 Å². The predicted octanol–water partition coefficient (Wildman–Crippen LogP) is 11.3. The fourth-order valence-electron chi connectivity index (χ4n) is 6.48. The Balaban J connectivity index is 1.21. The Morgan fingerprint density at radius 2 is 0.809 bits per heavy atom. The Hall–Kier alpha value is -6.39. The molecule has 0 saturated carbocycles. The molecule has 0 aliphatic heterocycles. The maximum atomic E-state index is 6.57. The van der Waals surface area contributed by atoms with Gasteiger partial charge in [0.25, 0.3) is 0 Å². The van der Waals surface area contributed by atoms with Gasteiger partial charge >= 0.3 is 0 Å². The highest BCUT2D eigenvalue weighted by molar-refractivity contribution is 6.22. The molecule has 0 amide bonds. The van der Waals surface area contributed by atoms with Crippen LogP contribution in [-0.2, 0) is 0 Å². The van der Waals surface area contributed by atoms with Gasteiger partial charge in [0.15, 0.2) is 17.5 Å². The molecule has 2 heterocycles. The van der Waals surface area contributed by atoms with Gasteiger partial charge in [-0.05, 0) is 39.8 Å². The maximum Gasteiger partial charge on any atom is 0.164 e. The number of hydrogen-bond donors (Lipinski definition) is 0. The second kappa shape index (κ2) is 11.2. The van der Waals surface area contributed by atoms with Gasteiger partial charge in [0.2, 0.25) is 0 Å². The minimum atomic E-state index is 0.637. The van der Waals surface area contributed by atoms with E-state index in [1.54, 1.807) is 0 Å². The lowest BCUT2D eigenvalue weighted by Gasteiger charge is -2.11. The van der Waals surface area contributed by atoms with Crippen LogP contribution in [0, 0.1) is 0 Å². The van der Waals surface area contributed by atoms with Crippen molar-refractivity contribution in [3.63, 3.8) is 0 Å². The van der Waals surface area contributed by atoms with Crippen molar-refractivity contribution in [2.45, 2.75) is 0 Å². The van der Waals surface area contributed by atoms with Crippen LogP contribution < -0.4 is 0 Å². The van der Waals surface area contributed by atoms with Gasteiger partial charge in [-0.25, -0.2) is 15.0 Å². The smallest absolute Gasteiger partial charge is 0.164 e. The lowest BCUT2D eigenvalue weighted by atomic mass is 9.93. The summed E-state index contributed by atoms with van der Waals surface area (Å²) in [6.07, 6.45) is 0. The van der Waals surface area contributed by atoms with Crippen LogP contribution in [0.25, 0.3) is 89.1 Å². The zero-order chi connectivity index (χ0) is 31.2. The van der Waals surface area contributed by atoms with E-state index in [0.717, 1.165) is 66.1 Å². The molecule has 0 saturated heterocycles. The summed E-state index contributed by atoms with van der Waals surface area (Å²) in [5, 5.41) is 4.47. The molecule has 220 valence electrons. The lowest BCUT2D eigenvalue weighted by Crippen LogP contribution is -2.00. The van der Waals surface area contributed by atoms with Crippen molar-refractivity contribution in [3.05, 3.63) is 164 Å². The van der Waals surface area contributed by atoms with Crippen LogP contribution in [0.4, 0.5) is 0 Å². The molecule has 9 aromatic rings. The van der Waals surface area contributed by atoms with Crippen LogP contribution in [0.2, 0.25) is 0 Å². The third-order valence-electron chi connectivity index (χ3n) is 8.74. The molecule has 4 heteroatoms. The average molecular weight is 602 g/mol. The van der Waals surface area contributed by atoms with E-state index in [1.165, 1.54) is 5.56 Å². The quantitative estimate of drug-likeness (QED) is 0.197. The van der Waals surface area contributed by atoms with Crippen molar-refractivity contribution in [2.24, 2.45) is 0 Å². The molecule has 0 bridgehead atoms. The molecular weight excluding hydrogens is 574 g/mol. The van der Waals surface area contributed by atoms with Crippen LogP contribution >= 0.6 is 0 Å². The molecule has 0 radical (unpaired) electrons. The lowest BCUT2D eigenvalue weighted by molar-refractivity contribution is 0.673. The Morgan fingerprint density at radius 1 is 0.340 bits per heavy atom. The van der Waals surface area contributed by atoms with Crippen LogP contribution in [-0.4, -0.2) is 15.0 Å². The molecule has 0 aliphatic rings. The molecule has 0 atom stereocenters. The van der Waals surface area contributed by atoms with E-state index in [-0.39, 0.29) is 0 Å². The van der Waals surface area contributed by atoms with Crippen LogP contribution in [0.5, 0.6) is 0 Å². The second-order valence-electron chi connectivity index (χ2n) is 11.6. The number of aromatic nitrogens is 3. The van der Waals surface area contributed by atoms with Crippen molar-refractivity contribution in [1.29, 1.82) is 0 Å². The first-order valence-corrected chi connectivity index (χ1v) is 15.7. The van der Waals surface area contributed by atoms with E-state index >= 15 is 0 Å². The molecule has 0 spiro atoms. The number of rotatable bonds is 5. The number of furan rings is 1. The first-order chi connectivity index (χ1) is 23.3. The molecule has 0 aliphatic carbocycles. The van der Waals surface area contributed by atoms with Crippen molar-refractivity contribution < 1.29 is 4.42 Å². The van der Waals surface area contributed by atoms with Crippen molar-refractivity contribution >= 4 is 32.7 Å². The summed E-state index contributed by atoms with van der Waals surface area (Å²) in [5.74, 6) is 1.94. The molecule has 0 fully saturated rings. The first kappa shape index (κ1) is 27.0. The fourth-order valence-corrected chi connectivity index (χ4v) is 6.48. The van der Waals surface area contributed by atoms with E-state index in [0.29, 0.717) is 17.5 Å². The minimum Gasteiger partial charge on any atom is -0.455 e. The Labute approximate surface area is 271 Å². The third kappa shape index (κ3) is 4.75. The molecule has 2 aromatic heterocycles. The normalized spacial score (nSPS) is 11.4. The zero-order valence-corrected chi connectivity index (χ0v) is 25.3. The number of fused-ring (bicyclic) bond motifs is 5. The van der Waals surface area contributed by atoms with Gasteiger partial charge in [0.1, 0.15) is 11.2 Å². The molecule has 0 N–H and O–H groups in total. The Morgan fingerprint density at radius 3 is 1.40 bits per heavy atom. The summed E-state index contributed by atoms with van der Waals surface area (Å²) in [4.78, 5) is 14.7. The third-order valence-corrected chi connectivity index (χ3v) is 8.74. The van der Waals surface area contributed by atoms with E-state index in [4.69, 9.17) is 19.4 Å². The molecule has 47 heavy (non-hydrogen) atoms. The van der Waals surface area contributed by atoms with Gasteiger partial charge in [0.05, 0.1) is 0 Å². The Kier molecular flexibility index (Phi) is 6.43. The Bertz CT molecular complexity index is 2480. The highest BCUT2D eigenvalue weighted by atomic mass is 16.3. The molecule has 4 nitrogen and oxygen atoms in total. The number of hydrogen-bond acceptors (Lipinski definition) is 4. The first-order valence-electron chi connectivity index (χ1n) is 15.7. The van der Waals surface area contributed by atoms with Crippen molar-refractivity contribution in [2.75, 3.05) is 0 Å². The molecular formula is C43H27N3O. The fraction of sp³-hybridized carbons (Fsp3) is 0. The molecule has 0 unspecified atom stereocenters. The van der Waals surface area contributed by atoms with Gasteiger partial charge in [0, 0.05) is 32.8 Å². The summed E-state index contributed by atoms with van der Waals surface area (Å²) in [7, 11) is 0. The van der Waals surface area contributed by atoms with Gasteiger partial charge in [-0.1, -0.05) is 152 Å². The molecule has 7 aromatic carbocycles. The van der Waals surface area contributed by atoms with E-state index in [9.17, 15) is 0 Å². The summed E-state index contributed by atoms with van der Waals surface area (Å²) >= 11 is 0. The number of benzene rings is 7. The highest BCUT2D eigenvalue weighted by Crippen LogP contribution is 2.43. The zero-order valence-electron chi connectivity index (χ0n) is 25.3. The standard InChI is InChI=1S/C43H27N3O/c1-4-13-28(14-5-1)33-21-12-22-38-39(33)37-27-36(34-19-10-11-20-35(34)40(37)47-38)29-23-25-32(26-24-29)43-45-41(30-15-6-2-7-16-30)44-42(46-43)31-17-8-3-9-18-31/h1-27H. The number of nitrogens with zero attached hydrogens (tertiary/aromatic N) is 3. The predicted molar refractivity (Wildman–Crippen MR) is 192 cm³/mol. The van der Waals surface area contributed by atoms with Gasteiger partial charge in [-0.2, -0.15) is 0 Å². The summed E-state index contributed by atoms with van der Waals surface area (Å²) in [6, 6.07) is 56.3. The van der Waals surface area contributed by atoms with Crippen molar-refractivity contribution in [3.8, 4) is 56.4 Å². The average Bonchev–Trinajstić information content (AvgIpc) is 3.55. The van der Waals surface area contributed by atoms with Crippen LogP contribution in [0.15, 0.2) is 168 Å². The minimum absolute atomic E-state index is 0.637. The van der Waals surface area contributed by atoms with Crippen molar-refractivity contribution in [1.82, 2.24) is 15.0 Å². The maximum absolute atomic E-state index is 6.57. The highest BCUT2D eigenvalue weighted by Gasteiger charge is 2.18. The van der Waals surface area contributed by atoms with E-state index < -0.39 is 0 Å². The summed E-state index contributed by atoms with van der Waals surface area (Å²) in [6.45, 7) is 0. The van der Waals surface area contributed by atoms with Gasteiger partial charge < -0.3 is 4.42 Å². The van der Waals surface area contributed by atoms with E-state index in [1.807, 2.05) is 66.7 Å². The largest absolute Gasteiger partial charge is 0.455 e. The van der Waals surface area contributed by atoms with Gasteiger partial charge in [-0.15, -0.1) is 0 Å². The monoisotopic (exact) mass is 601 g/mol. The van der Waals surface area contributed by atoms with Crippen LogP contribution in [0.1, 0.15) is 0 Å².